The first kappa shape index (κ1) is 16.5. The van der Waals surface area contributed by atoms with E-state index in [4.69, 9.17) is 17.0 Å². The van der Waals surface area contributed by atoms with E-state index in [-0.39, 0.29) is 5.41 Å². The van der Waals surface area contributed by atoms with Crippen molar-refractivity contribution < 1.29 is 4.74 Å². The third kappa shape index (κ3) is 4.84. The number of hydrazone groups is 1. The van der Waals surface area contributed by atoms with Gasteiger partial charge in [-0.15, -0.1) is 0 Å². The minimum absolute atomic E-state index is 0.254. The normalized spacial score (nSPS) is 18.5. The van der Waals surface area contributed by atoms with Gasteiger partial charge in [-0.1, -0.05) is 19.4 Å². The maximum atomic E-state index is 5.27. The Morgan fingerprint density at radius 3 is 2.50 bits per heavy atom. The number of ether oxygens (including phenoxy) is 1. The zero-order valence-electron chi connectivity index (χ0n) is 13.6. The van der Waals surface area contributed by atoms with Crippen LogP contribution in [0.25, 0.3) is 0 Å². The van der Waals surface area contributed by atoms with Gasteiger partial charge in [-0.2, -0.15) is 5.10 Å². The summed E-state index contributed by atoms with van der Waals surface area (Å²) < 4.78 is 5.13. The number of hydrogen-bond acceptors (Lipinski definition) is 3. The molecule has 0 heterocycles. The highest BCUT2D eigenvalue weighted by Crippen LogP contribution is 2.33. The summed E-state index contributed by atoms with van der Waals surface area (Å²) in [6, 6.07) is 7.58. The number of hydrogen-bond donors (Lipinski definition) is 2. The van der Waals surface area contributed by atoms with E-state index < -0.39 is 0 Å². The molecule has 0 spiro atoms. The van der Waals surface area contributed by atoms with Crippen LogP contribution in [0.5, 0.6) is 5.75 Å². The Bertz CT molecular complexity index is 603. The molecule has 0 fully saturated rings. The molecular weight excluding hydrogens is 294 g/mol. The Balaban J connectivity index is 1.94. The average molecular weight is 317 g/mol. The van der Waals surface area contributed by atoms with Crippen LogP contribution in [0.2, 0.25) is 0 Å². The number of rotatable bonds is 3. The van der Waals surface area contributed by atoms with Crippen molar-refractivity contribution in [3.05, 3.63) is 35.9 Å². The number of benzene rings is 1. The zero-order chi connectivity index (χ0) is 16.2. The summed E-state index contributed by atoms with van der Waals surface area (Å²) in [4.78, 5) is 0. The van der Waals surface area contributed by atoms with Crippen LogP contribution in [-0.4, -0.2) is 17.9 Å². The first-order valence-corrected chi connectivity index (χ1v) is 7.73. The van der Waals surface area contributed by atoms with E-state index in [1.54, 1.807) is 7.11 Å². The molecule has 0 saturated carbocycles. The van der Waals surface area contributed by atoms with Gasteiger partial charge < -0.3 is 10.1 Å². The molecule has 0 radical (unpaired) electrons. The molecule has 0 aromatic heterocycles. The fourth-order valence-electron chi connectivity index (χ4n) is 2.72. The van der Waals surface area contributed by atoms with Crippen molar-refractivity contribution in [3.63, 3.8) is 0 Å². The van der Waals surface area contributed by atoms with Crippen molar-refractivity contribution in [2.75, 3.05) is 12.4 Å². The summed E-state index contributed by atoms with van der Waals surface area (Å²) in [6.45, 7) is 6.66. The SMILES string of the molecule is COc1ccc(NC(=S)N/N=C2/C=C(C)CC(C)(C)C2)cc1. The summed E-state index contributed by atoms with van der Waals surface area (Å²) >= 11 is 5.27. The number of anilines is 1. The highest BCUT2D eigenvalue weighted by Gasteiger charge is 2.24. The highest BCUT2D eigenvalue weighted by atomic mass is 32.1. The summed E-state index contributed by atoms with van der Waals surface area (Å²) in [5.74, 6) is 0.815. The Labute approximate surface area is 137 Å². The van der Waals surface area contributed by atoms with Crippen LogP contribution in [0.15, 0.2) is 41.0 Å². The van der Waals surface area contributed by atoms with Gasteiger partial charge in [0.25, 0.3) is 0 Å². The zero-order valence-corrected chi connectivity index (χ0v) is 14.4. The quantitative estimate of drug-likeness (QED) is 0.651. The van der Waals surface area contributed by atoms with Gasteiger partial charge in [-0.3, -0.25) is 5.43 Å². The van der Waals surface area contributed by atoms with E-state index in [1.807, 2.05) is 24.3 Å². The minimum atomic E-state index is 0.254. The van der Waals surface area contributed by atoms with Gasteiger partial charge in [0, 0.05) is 5.69 Å². The van der Waals surface area contributed by atoms with E-state index in [9.17, 15) is 0 Å². The third-order valence-electron chi connectivity index (χ3n) is 3.48. The lowest BCUT2D eigenvalue weighted by Crippen LogP contribution is -2.27. The molecule has 2 rings (SSSR count). The second kappa shape index (κ2) is 6.92. The van der Waals surface area contributed by atoms with Crippen molar-refractivity contribution in [1.82, 2.24) is 5.43 Å². The molecule has 0 bridgehead atoms. The lowest BCUT2D eigenvalue weighted by molar-refractivity contribution is 0.373. The number of nitrogens with zero attached hydrogens (tertiary/aromatic N) is 1. The predicted octanol–water partition coefficient (Wildman–Crippen LogP) is 4.10. The summed E-state index contributed by atoms with van der Waals surface area (Å²) in [5, 5.41) is 8.00. The molecule has 5 heteroatoms. The lowest BCUT2D eigenvalue weighted by atomic mass is 9.77. The van der Waals surface area contributed by atoms with Crippen molar-refractivity contribution in [2.45, 2.75) is 33.6 Å². The molecule has 4 nitrogen and oxygen atoms in total. The molecule has 0 saturated heterocycles. The second-order valence-corrected chi connectivity index (χ2v) is 6.81. The first-order chi connectivity index (χ1) is 10.4. The van der Waals surface area contributed by atoms with Crippen LogP contribution in [0, 0.1) is 5.41 Å². The standard InChI is InChI=1S/C17H23N3OS/c1-12-9-14(11-17(2,3)10-12)19-20-16(22)18-13-5-7-15(21-4)8-6-13/h5-9H,10-11H2,1-4H3,(H2,18,20,22)/b19-14-. The van der Waals surface area contributed by atoms with E-state index in [1.165, 1.54) is 5.57 Å². The van der Waals surface area contributed by atoms with Crippen molar-refractivity contribution >= 4 is 28.7 Å². The minimum Gasteiger partial charge on any atom is -0.497 e. The van der Waals surface area contributed by atoms with Gasteiger partial charge >= 0.3 is 0 Å². The van der Waals surface area contributed by atoms with Gasteiger partial charge in [-0.05, 0) is 67.7 Å². The topological polar surface area (TPSA) is 45.6 Å². The van der Waals surface area contributed by atoms with Crippen LogP contribution in [0.4, 0.5) is 5.69 Å². The fourth-order valence-corrected chi connectivity index (χ4v) is 2.89. The monoisotopic (exact) mass is 317 g/mol. The van der Waals surface area contributed by atoms with Gasteiger partial charge in [0.15, 0.2) is 5.11 Å². The highest BCUT2D eigenvalue weighted by molar-refractivity contribution is 7.80. The molecular formula is C17H23N3OS. The Morgan fingerprint density at radius 2 is 1.91 bits per heavy atom. The van der Waals surface area contributed by atoms with E-state index in [0.717, 1.165) is 30.0 Å². The molecule has 1 aliphatic rings. The van der Waals surface area contributed by atoms with Crippen LogP contribution >= 0.6 is 12.2 Å². The number of methoxy groups -OCH3 is 1. The molecule has 0 amide bonds. The Kier molecular flexibility index (Phi) is 5.19. The molecule has 22 heavy (non-hydrogen) atoms. The maximum Gasteiger partial charge on any atom is 0.191 e. The van der Waals surface area contributed by atoms with Crippen molar-refractivity contribution in [3.8, 4) is 5.75 Å². The largest absolute Gasteiger partial charge is 0.497 e. The number of nitrogens with one attached hydrogen (secondary N) is 2. The summed E-state index contributed by atoms with van der Waals surface area (Å²) in [5.41, 5.74) is 6.46. The van der Waals surface area contributed by atoms with Crippen LogP contribution in [-0.2, 0) is 0 Å². The second-order valence-electron chi connectivity index (χ2n) is 6.41. The summed E-state index contributed by atoms with van der Waals surface area (Å²) in [6.07, 6.45) is 4.19. The van der Waals surface area contributed by atoms with Crippen LogP contribution in [0.3, 0.4) is 0 Å². The van der Waals surface area contributed by atoms with Gasteiger partial charge in [0.1, 0.15) is 5.75 Å². The Hall–Kier alpha value is -1.88. The molecule has 118 valence electrons. The van der Waals surface area contributed by atoms with Gasteiger partial charge in [0.2, 0.25) is 0 Å². The molecule has 1 aliphatic carbocycles. The Morgan fingerprint density at radius 1 is 1.23 bits per heavy atom. The fraction of sp³-hybridized carbons (Fsp3) is 0.412. The molecule has 2 N–H and O–H groups in total. The lowest BCUT2D eigenvalue weighted by Gasteiger charge is -2.29. The third-order valence-corrected chi connectivity index (χ3v) is 3.67. The average Bonchev–Trinajstić information content (AvgIpc) is 2.44. The molecule has 0 unspecified atom stereocenters. The number of allylic oxidation sites excluding steroid dienone is 2. The van der Waals surface area contributed by atoms with E-state index >= 15 is 0 Å². The van der Waals surface area contributed by atoms with E-state index in [0.29, 0.717) is 5.11 Å². The smallest absolute Gasteiger partial charge is 0.191 e. The van der Waals surface area contributed by atoms with Crippen LogP contribution < -0.4 is 15.5 Å². The van der Waals surface area contributed by atoms with Gasteiger partial charge in [-0.25, -0.2) is 0 Å². The molecule has 1 aromatic rings. The van der Waals surface area contributed by atoms with Crippen LogP contribution in [0.1, 0.15) is 33.6 Å². The molecule has 0 atom stereocenters. The predicted molar refractivity (Wildman–Crippen MR) is 96.6 cm³/mol. The van der Waals surface area contributed by atoms with Crippen molar-refractivity contribution in [1.29, 1.82) is 0 Å². The molecule has 1 aromatic carbocycles. The molecule has 0 aliphatic heterocycles. The first-order valence-electron chi connectivity index (χ1n) is 7.33. The maximum absolute atomic E-state index is 5.27. The number of thiocarbonyl (C=S) groups is 1. The van der Waals surface area contributed by atoms with Crippen molar-refractivity contribution in [2.24, 2.45) is 10.5 Å². The summed E-state index contributed by atoms with van der Waals surface area (Å²) in [7, 11) is 1.64. The van der Waals surface area contributed by atoms with E-state index in [2.05, 4.69) is 42.7 Å². The van der Waals surface area contributed by atoms with Gasteiger partial charge in [0.05, 0.1) is 12.8 Å².